The van der Waals surface area contributed by atoms with Crippen LogP contribution in [0.25, 0.3) is 61.3 Å². The first-order chi connectivity index (χ1) is 27.3. The summed E-state index contributed by atoms with van der Waals surface area (Å²) in [6.07, 6.45) is 1.55. The van der Waals surface area contributed by atoms with Gasteiger partial charge in [0.15, 0.2) is 11.7 Å². The molecule has 0 amide bonds. The Bertz CT molecular complexity index is 2880. The molecule has 6 nitrogen and oxygen atoms in total. The smallest absolute Gasteiger partial charge is 0.164 e. The monoisotopic (exact) mass is 706 g/mol. The van der Waals surface area contributed by atoms with E-state index in [2.05, 4.69) is 136 Å². The van der Waals surface area contributed by atoms with Crippen molar-refractivity contribution in [1.29, 1.82) is 0 Å². The van der Waals surface area contributed by atoms with Crippen LogP contribution in [-0.2, 0) is 0 Å². The Kier molecular flexibility index (Phi) is 8.11. The lowest BCUT2D eigenvalue weighted by Crippen LogP contribution is -2.33. The number of amidine groups is 2. The molecule has 9 aromatic rings. The summed E-state index contributed by atoms with van der Waals surface area (Å²) in [5.74, 6) is 2.32. The largest absolute Gasteiger partial charge is 0.344 e. The number of aliphatic imine (C=N–C) groups is 2. The van der Waals surface area contributed by atoms with Gasteiger partial charge >= 0.3 is 0 Å². The number of hydrogen-bond donors (Lipinski definition) is 1. The molecule has 1 aliphatic rings. The van der Waals surface area contributed by atoms with Crippen LogP contribution < -0.4 is 5.32 Å². The second-order valence-corrected chi connectivity index (χ2v) is 13.5. The first-order valence-electron chi connectivity index (χ1n) is 18.4. The van der Waals surface area contributed by atoms with Crippen molar-refractivity contribution in [3.63, 3.8) is 0 Å². The minimum atomic E-state index is -0.256. The van der Waals surface area contributed by atoms with Gasteiger partial charge in [-0.2, -0.15) is 0 Å². The summed E-state index contributed by atoms with van der Waals surface area (Å²) in [4.78, 5) is 19.8. The Morgan fingerprint density at radius 1 is 0.509 bits per heavy atom. The van der Waals surface area contributed by atoms with Crippen molar-refractivity contribution in [2.45, 2.75) is 6.17 Å². The Hall–Kier alpha value is -7.44. The molecule has 0 fully saturated rings. The Morgan fingerprint density at radius 3 is 1.93 bits per heavy atom. The molecule has 0 aliphatic carbocycles. The van der Waals surface area contributed by atoms with Crippen LogP contribution in [0.1, 0.15) is 22.9 Å². The van der Waals surface area contributed by atoms with Crippen LogP contribution in [0.2, 0.25) is 0 Å². The predicted octanol–water partition coefficient (Wildman–Crippen LogP) is 11.1. The van der Waals surface area contributed by atoms with Gasteiger partial charge in [0.1, 0.15) is 17.7 Å². The molecule has 0 saturated heterocycles. The number of aromatic nitrogens is 3. The van der Waals surface area contributed by atoms with Crippen LogP contribution >= 0.6 is 0 Å². The van der Waals surface area contributed by atoms with Gasteiger partial charge in [-0.05, 0) is 81.1 Å². The number of hydrogen-bond acceptors (Lipinski definition) is 5. The molecule has 3 heterocycles. The number of pyridine rings is 1. The third kappa shape index (κ3) is 6.06. The summed E-state index contributed by atoms with van der Waals surface area (Å²) in [5.41, 5.74) is 11.5. The van der Waals surface area contributed by atoms with Gasteiger partial charge in [-0.1, -0.05) is 146 Å². The topological polar surface area (TPSA) is 67.5 Å². The number of benzene rings is 7. The third-order valence-corrected chi connectivity index (χ3v) is 10.2. The maximum atomic E-state index is 5.12. The molecule has 1 atom stereocenters. The van der Waals surface area contributed by atoms with Gasteiger partial charge in [-0.3, -0.25) is 9.55 Å². The predicted molar refractivity (Wildman–Crippen MR) is 225 cm³/mol. The second kappa shape index (κ2) is 13.8. The lowest BCUT2D eigenvalue weighted by Gasteiger charge is -2.23. The maximum absolute atomic E-state index is 5.12. The summed E-state index contributed by atoms with van der Waals surface area (Å²) < 4.78 is 2.19. The van der Waals surface area contributed by atoms with E-state index < -0.39 is 0 Å². The highest BCUT2D eigenvalue weighted by Gasteiger charge is 2.21. The molecular formula is C49H34N6. The van der Waals surface area contributed by atoms with E-state index in [0.29, 0.717) is 5.84 Å². The van der Waals surface area contributed by atoms with Gasteiger partial charge in [0.25, 0.3) is 0 Å². The van der Waals surface area contributed by atoms with Crippen molar-refractivity contribution in [1.82, 2.24) is 19.9 Å². The molecular weight excluding hydrogens is 673 g/mol. The van der Waals surface area contributed by atoms with Crippen molar-refractivity contribution < 1.29 is 0 Å². The molecule has 1 N–H and O–H groups in total. The number of nitrogens with zero attached hydrogens (tertiary/aromatic N) is 5. The molecule has 55 heavy (non-hydrogen) atoms. The van der Waals surface area contributed by atoms with E-state index in [-0.39, 0.29) is 6.17 Å². The lowest BCUT2D eigenvalue weighted by molar-refractivity contribution is 0.674. The van der Waals surface area contributed by atoms with Gasteiger partial charge in [-0.15, -0.1) is 0 Å². The summed E-state index contributed by atoms with van der Waals surface area (Å²) in [6.45, 7) is 0. The molecule has 1 aliphatic heterocycles. The van der Waals surface area contributed by atoms with Crippen molar-refractivity contribution >= 4 is 33.5 Å². The van der Waals surface area contributed by atoms with Crippen LogP contribution in [0.4, 0.5) is 0 Å². The molecule has 7 aromatic carbocycles. The summed E-state index contributed by atoms with van der Waals surface area (Å²) >= 11 is 0. The number of nitrogens with one attached hydrogen (secondary N) is 1. The highest BCUT2D eigenvalue weighted by molar-refractivity contribution is 6.13. The fraction of sp³-hybridized carbons (Fsp3) is 0.0204. The zero-order chi connectivity index (χ0) is 36.6. The van der Waals surface area contributed by atoms with Gasteiger partial charge in [-0.25, -0.2) is 15.0 Å². The molecule has 0 bridgehead atoms. The normalized spacial score (nSPS) is 14.0. The van der Waals surface area contributed by atoms with E-state index in [9.17, 15) is 0 Å². The van der Waals surface area contributed by atoms with Crippen LogP contribution in [0, 0.1) is 0 Å². The van der Waals surface area contributed by atoms with Crippen molar-refractivity contribution in [3.05, 3.63) is 211 Å². The van der Waals surface area contributed by atoms with Crippen molar-refractivity contribution in [2.24, 2.45) is 9.98 Å². The summed E-state index contributed by atoms with van der Waals surface area (Å²) in [5, 5.41) is 5.93. The van der Waals surface area contributed by atoms with Crippen LogP contribution in [0.3, 0.4) is 0 Å². The quantitative estimate of drug-likeness (QED) is 0.179. The number of rotatable bonds is 7. The zero-order valence-electron chi connectivity index (χ0n) is 29.8. The van der Waals surface area contributed by atoms with Gasteiger partial charge < -0.3 is 5.32 Å². The minimum Gasteiger partial charge on any atom is -0.344 e. The Balaban J connectivity index is 1.02. The van der Waals surface area contributed by atoms with Crippen LogP contribution in [0.5, 0.6) is 0 Å². The highest BCUT2D eigenvalue weighted by atomic mass is 15.2. The zero-order valence-corrected chi connectivity index (χ0v) is 29.8. The lowest BCUT2D eigenvalue weighted by atomic mass is 9.92. The number of para-hydroxylation sites is 2. The van der Waals surface area contributed by atoms with Crippen LogP contribution in [-0.4, -0.2) is 26.2 Å². The fourth-order valence-corrected chi connectivity index (χ4v) is 7.51. The average Bonchev–Trinajstić information content (AvgIpc) is 3.67. The molecule has 0 saturated carbocycles. The second-order valence-electron chi connectivity index (χ2n) is 13.5. The third-order valence-electron chi connectivity index (χ3n) is 10.2. The molecule has 0 spiro atoms. The van der Waals surface area contributed by atoms with E-state index in [4.69, 9.17) is 15.0 Å². The molecule has 10 rings (SSSR count). The SMILES string of the molecule is c1ccc(C2=NC(c3cccc(-c4cccc5c(-c6ccc(-n7c(-c8ccccn8)nc8ccccc87)cc6)cccc45)c3)=NC(c3ccccc3)N2)cc1. The van der Waals surface area contributed by atoms with Crippen LogP contribution in [0.15, 0.2) is 204 Å². The molecule has 6 heteroatoms. The van der Waals surface area contributed by atoms with E-state index in [1.165, 1.54) is 16.3 Å². The maximum Gasteiger partial charge on any atom is 0.164 e. The van der Waals surface area contributed by atoms with E-state index in [1.54, 1.807) is 0 Å². The standard InChI is InChI=1S/C49H34N6/c1-3-14-34(15-4-1)46-52-47(35-16-5-2-6-17-35)54-48(53-46)37-19-11-18-36(32-37)40-21-13-22-41-39(20-12-23-42(40)41)33-27-29-38(30-28-33)55-45-26-8-7-24-43(45)51-49(55)44-25-9-10-31-50-44/h1-32,46H,(H,52,53,54). The van der Waals surface area contributed by atoms with Gasteiger partial charge in [0, 0.05) is 23.0 Å². The van der Waals surface area contributed by atoms with Crippen molar-refractivity contribution in [2.75, 3.05) is 0 Å². The summed E-state index contributed by atoms with van der Waals surface area (Å²) in [6, 6.07) is 65.2. The van der Waals surface area contributed by atoms with Gasteiger partial charge in [0.2, 0.25) is 0 Å². The van der Waals surface area contributed by atoms with Crippen molar-refractivity contribution in [3.8, 4) is 39.5 Å². The van der Waals surface area contributed by atoms with E-state index in [1.807, 2.05) is 72.9 Å². The number of fused-ring (bicyclic) bond motifs is 2. The summed E-state index contributed by atoms with van der Waals surface area (Å²) in [7, 11) is 0. The Labute approximate surface area is 318 Å². The Morgan fingerprint density at radius 2 is 1.16 bits per heavy atom. The average molecular weight is 707 g/mol. The first kappa shape index (κ1) is 32.2. The van der Waals surface area contributed by atoms with Gasteiger partial charge in [0.05, 0.1) is 11.0 Å². The van der Waals surface area contributed by atoms with E-state index >= 15 is 0 Å². The van der Waals surface area contributed by atoms with E-state index in [0.717, 1.165) is 67.5 Å². The molecule has 260 valence electrons. The highest BCUT2D eigenvalue weighted by Crippen LogP contribution is 2.36. The first-order valence-corrected chi connectivity index (χ1v) is 18.4. The molecule has 0 radical (unpaired) electrons. The molecule has 1 unspecified atom stereocenters. The molecule has 2 aromatic heterocycles. The number of imidazole rings is 1. The fourth-order valence-electron chi connectivity index (χ4n) is 7.51. The minimum absolute atomic E-state index is 0.256.